The first-order chi connectivity index (χ1) is 12.7. The lowest BCUT2D eigenvalue weighted by molar-refractivity contribution is 0.00578. The zero-order valence-electron chi connectivity index (χ0n) is 16.7. The van der Waals surface area contributed by atoms with Gasteiger partial charge in [0.2, 0.25) is 0 Å². The third-order valence-corrected chi connectivity index (χ3v) is 5.35. The van der Waals surface area contributed by atoms with E-state index in [1.54, 1.807) is 13.2 Å². The molecule has 0 N–H and O–H groups in total. The Morgan fingerprint density at radius 1 is 1.07 bits per heavy atom. The van der Waals surface area contributed by atoms with Gasteiger partial charge in [-0.2, -0.15) is 0 Å². The lowest BCUT2D eigenvalue weighted by atomic mass is 9.81. The molecule has 6 nitrogen and oxygen atoms in total. The largest absolute Gasteiger partial charge is 0.497 e. The van der Waals surface area contributed by atoms with Crippen molar-refractivity contribution >= 4 is 18.6 Å². The van der Waals surface area contributed by atoms with Crippen molar-refractivity contribution in [3.8, 4) is 5.75 Å². The van der Waals surface area contributed by atoms with Crippen molar-refractivity contribution in [1.82, 2.24) is 4.57 Å². The van der Waals surface area contributed by atoms with E-state index in [2.05, 4.69) is 0 Å². The highest BCUT2D eigenvalue weighted by Crippen LogP contribution is 2.36. The van der Waals surface area contributed by atoms with Crippen LogP contribution < -0.4 is 10.2 Å². The number of carbonyl (C=O) groups excluding carboxylic acids is 1. The van der Waals surface area contributed by atoms with Gasteiger partial charge in [-0.1, -0.05) is 12.1 Å². The Kier molecular flexibility index (Phi) is 5.10. The number of methoxy groups -OCH3 is 2. The second kappa shape index (κ2) is 7.05. The average Bonchev–Trinajstić information content (AvgIpc) is 3.13. The second-order valence-corrected chi connectivity index (χ2v) is 7.71. The molecule has 0 bridgehead atoms. The minimum atomic E-state index is -0.532. The molecule has 27 heavy (non-hydrogen) atoms. The van der Waals surface area contributed by atoms with Gasteiger partial charge in [0.1, 0.15) is 11.4 Å². The number of nitrogens with zero attached hydrogens (tertiary/aromatic N) is 1. The Hall–Kier alpha value is -2.25. The van der Waals surface area contributed by atoms with Crippen LogP contribution in [0.4, 0.5) is 0 Å². The third-order valence-electron chi connectivity index (χ3n) is 5.35. The van der Waals surface area contributed by atoms with Gasteiger partial charge in [0.15, 0.2) is 0 Å². The Balaban J connectivity index is 1.90. The van der Waals surface area contributed by atoms with Crippen molar-refractivity contribution in [2.24, 2.45) is 0 Å². The van der Waals surface area contributed by atoms with E-state index in [0.29, 0.717) is 12.2 Å². The van der Waals surface area contributed by atoms with Gasteiger partial charge in [-0.3, -0.25) is 0 Å². The third kappa shape index (κ3) is 3.75. The molecule has 1 aliphatic heterocycles. The summed E-state index contributed by atoms with van der Waals surface area (Å²) in [5, 5.41) is 0. The second-order valence-electron chi connectivity index (χ2n) is 7.71. The molecule has 1 aromatic carbocycles. The van der Waals surface area contributed by atoms with Gasteiger partial charge >= 0.3 is 13.1 Å². The molecule has 1 aromatic heterocycles. The number of rotatable bonds is 5. The summed E-state index contributed by atoms with van der Waals surface area (Å²) in [7, 11) is 2.48. The van der Waals surface area contributed by atoms with E-state index in [-0.39, 0.29) is 0 Å². The van der Waals surface area contributed by atoms with Crippen LogP contribution in [0.15, 0.2) is 36.5 Å². The summed E-state index contributed by atoms with van der Waals surface area (Å²) in [4.78, 5) is 12.3. The van der Waals surface area contributed by atoms with Crippen molar-refractivity contribution in [1.29, 1.82) is 0 Å². The van der Waals surface area contributed by atoms with Gasteiger partial charge in [-0.15, -0.1) is 0 Å². The minimum absolute atomic E-state index is 0.397. The highest BCUT2D eigenvalue weighted by Gasteiger charge is 2.52. The molecular formula is C20H26BNO5. The fourth-order valence-corrected chi connectivity index (χ4v) is 2.97. The fourth-order valence-electron chi connectivity index (χ4n) is 2.97. The first-order valence-corrected chi connectivity index (χ1v) is 8.94. The number of benzene rings is 1. The molecule has 0 unspecified atom stereocenters. The van der Waals surface area contributed by atoms with Gasteiger partial charge in [0.05, 0.1) is 25.4 Å². The van der Waals surface area contributed by atoms with E-state index in [9.17, 15) is 4.79 Å². The van der Waals surface area contributed by atoms with E-state index in [0.717, 1.165) is 16.8 Å². The van der Waals surface area contributed by atoms with Crippen LogP contribution in [-0.4, -0.2) is 43.1 Å². The van der Waals surface area contributed by atoms with Crippen LogP contribution in [0.1, 0.15) is 43.7 Å². The van der Waals surface area contributed by atoms with Gasteiger partial charge < -0.3 is 23.3 Å². The highest BCUT2D eigenvalue weighted by atomic mass is 16.7. The monoisotopic (exact) mass is 371 g/mol. The Morgan fingerprint density at radius 2 is 1.67 bits per heavy atom. The molecule has 0 radical (unpaired) electrons. The maximum Gasteiger partial charge on any atom is 0.496 e. The minimum Gasteiger partial charge on any atom is -0.497 e. The summed E-state index contributed by atoms with van der Waals surface area (Å²) in [6.07, 6.45) is 1.89. The number of ether oxygens (including phenoxy) is 2. The molecule has 0 atom stereocenters. The molecule has 1 fully saturated rings. The molecular weight excluding hydrogens is 345 g/mol. The zero-order valence-corrected chi connectivity index (χ0v) is 16.7. The molecule has 2 heterocycles. The topological polar surface area (TPSA) is 58.9 Å². The fraction of sp³-hybridized carbons (Fsp3) is 0.450. The molecule has 0 aliphatic carbocycles. The SMILES string of the molecule is COC(=O)c1cc(B2OC(C)(C)C(C)(C)O2)cn1Cc1ccc(OC)cc1. The maximum atomic E-state index is 12.3. The summed E-state index contributed by atoms with van der Waals surface area (Å²) in [5.74, 6) is 0.392. The quantitative estimate of drug-likeness (QED) is 0.598. The van der Waals surface area contributed by atoms with Crippen molar-refractivity contribution in [3.05, 3.63) is 47.8 Å². The molecule has 2 aromatic rings. The Labute approximate surface area is 160 Å². The smallest absolute Gasteiger partial charge is 0.496 e. The summed E-state index contributed by atoms with van der Waals surface area (Å²) >= 11 is 0. The van der Waals surface area contributed by atoms with Crippen molar-refractivity contribution in [2.45, 2.75) is 45.4 Å². The number of aromatic nitrogens is 1. The molecule has 0 saturated carbocycles. The summed E-state index contributed by atoms with van der Waals surface area (Å²) in [5.41, 5.74) is 1.40. The van der Waals surface area contributed by atoms with E-state index < -0.39 is 24.3 Å². The average molecular weight is 371 g/mol. The first-order valence-electron chi connectivity index (χ1n) is 8.94. The highest BCUT2D eigenvalue weighted by molar-refractivity contribution is 6.62. The van der Waals surface area contributed by atoms with Crippen LogP contribution in [0.3, 0.4) is 0 Å². The molecule has 144 valence electrons. The number of hydrogen-bond donors (Lipinski definition) is 0. The predicted octanol–water partition coefficient (Wildman–Crippen LogP) is 2.63. The van der Waals surface area contributed by atoms with Gasteiger partial charge in [0.25, 0.3) is 0 Å². The summed E-state index contributed by atoms with van der Waals surface area (Å²) < 4.78 is 24.2. The Morgan fingerprint density at radius 3 is 2.19 bits per heavy atom. The van der Waals surface area contributed by atoms with E-state index >= 15 is 0 Å². The molecule has 0 spiro atoms. The van der Waals surface area contributed by atoms with Gasteiger partial charge in [-0.05, 0) is 51.5 Å². The lowest BCUT2D eigenvalue weighted by Crippen LogP contribution is -2.41. The number of carbonyl (C=O) groups is 1. The maximum absolute atomic E-state index is 12.3. The molecule has 0 amide bonds. The van der Waals surface area contributed by atoms with Crippen molar-refractivity contribution in [3.63, 3.8) is 0 Å². The van der Waals surface area contributed by atoms with Crippen LogP contribution >= 0.6 is 0 Å². The van der Waals surface area contributed by atoms with Crippen molar-refractivity contribution in [2.75, 3.05) is 14.2 Å². The molecule has 1 saturated heterocycles. The van der Waals surface area contributed by atoms with Crippen LogP contribution in [-0.2, 0) is 20.6 Å². The number of esters is 1. The normalized spacial score (nSPS) is 17.8. The molecule has 7 heteroatoms. The summed E-state index contributed by atoms with van der Waals surface area (Å²) in [6, 6.07) is 9.50. The standard InChI is InChI=1S/C20H26BNO5/c1-19(2)20(3,4)27-21(26-19)15-11-17(18(23)25-6)22(13-15)12-14-7-9-16(24-5)10-8-14/h7-11,13H,12H2,1-6H3. The zero-order chi connectivity index (χ0) is 19.8. The van der Waals surface area contributed by atoms with E-state index in [1.165, 1.54) is 7.11 Å². The van der Waals surface area contributed by atoms with Crippen LogP contribution in [0, 0.1) is 0 Å². The Bertz CT molecular complexity index is 809. The number of hydrogen-bond acceptors (Lipinski definition) is 5. The summed E-state index contributed by atoms with van der Waals surface area (Å²) in [6.45, 7) is 8.53. The first kappa shape index (κ1) is 19.5. The molecule has 3 rings (SSSR count). The van der Waals surface area contributed by atoms with Crippen LogP contribution in [0.2, 0.25) is 0 Å². The lowest BCUT2D eigenvalue weighted by Gasteiger charge is -2.32. The molecule has 1 aliphatic rings. The van der Waals surface area contributed by atoms with E-state index in [4.69, 9.17) is 18.8 Å². The van der Waals surface area contributed by atoms with Crippen molar-refractivity contribution < 1.29 is 23.6 Å². The predicted molar refractivity (Wildman–Crippen MR) is 104 cm³/mol. The van der Waals surface area contributed by atoms with Crippen LogP contribution in [0.25, 0.3) is 0 Å². The van der Waals surface area contributed by atoms with Gasteiger partial charge in [0, 0.05) is 18.2 Å². The van der Waals surface area contributed by atoms with E-state index in [1.807, 2.05) is 62.7 Å². The van der Waals surface area contributed by atoms with Gasteiger partial charge in [-0.25, -0.2) is 4.79 Å². The van der Waals surface area contributed by atoms with Crippen LogP contribution in [0.5, 0.6) is 5.75 Å².